The molecule has 188 valence electrons. The maximum absolute atomic E-state index is 11.6. The van der Waals surface area contributed by atoms with Gasteiger partial charge < -0.3 is 19.9 Å². The van der Waals surface area contributed by atoms with Crippen LogP contribution in [-0.2, 0) is 10.0 Å². The normalized spacial score (nSPS) is 17.4. The van der Waals surface area contributed by atoms with Gasteiger partial charge in [-0.15, -0.1) is 0 Å². The van der Waals surface area contributed by atoms with Gasteiger partial charge in [-0.3, -0.25) is 9.71 Å². The Morgan fingerprint density at radius 2 is 1.70 bits per heavy atom. The molecule has 1 fully saturated rings. The van der Waals surface area contributed by atoms with Crippen molar-refractivity contribution in [3.63, 3.8) is 0 Å². The molecule has 0 amide bonds. The topological polar surface area (TPSA) is 117 Å². The molecule has 1 aliphatic rings. The van der Waals surface area contributed by atoms with E-state index in [1.807, 2.05) is 58.1 Å². The van der Waals surface area contributed by atoms with Gasteiger partial charge >= 0.3 is 5.97 Å². The van der Waals surface area contributed by atoms with Crippen molar-refractivity contribution >= 4 is 44.7 Å². The third kappa shape index (κ3) is 5.04. The van der Waals surface area contributed by atoms with Crippen LogP contribution in [0.1, 0.15) is 33.8 Å². The lowest BCUT2D eigenvalue weighted by molar-refractivity contribution is 0.0697. The van der Waals surface area contributed by atoms with Crippen molar-refractivity contribution < 1.29 is 18.3 Å². The van der Waals surface area contributed by atoms with Crippen LogP contribution in [0, 0.1) is 0 Å². The molecule has 0 aliphatic carbocycles. The summed E-state index contributed by atoms with van der Waals surface area (Å²) in [6.07, 6.45) is 4.75. The van der Waals surface area contributed by atoms with E-state index in [9.17, 15) is 18.3 Å². The summed E-state index contributed by atoms with van der Waals surface area (Å²) in [5.74, 6) is -0.986. The highest BCUT2D eigenvalue weighted by molar-refractivity contribution is 7.92. The second-order valence-electron chi connectivity index (χ2n) is 8.57. The van der Waals surface area contributed by atoms with Crippen molar-refractivity contribution in [2.45, 2.75) is 12.1 Å². The highest BCUT2D eigenvalue weighted by atomic mass is 32.2. The molecule has 3 N–H and O–H groups in total. The highest BCUT2D eigenvalue weighted by Crippen LogP contribution is 2.42. The molecular formula is C26H23N5O4S2. The van der Waals surface area contributed by atoms with E-state index in [2.05, 4.69) is 15.0 Å². The summed E-state index contributed by atoms with van der Waals surface area (Å²) in [5, 5.41) is 13.2. The van der Waals surface area contributed by atoms with E-state index >= 15 is 0 Å². The van der Waals surface area contributed by atoms with Crippen molar-refractivity contribution in [3.05, 3.63) is 108 Å². The van der Waals surface area contributed by atoms with E-state index < -0.39 is 16.0 Å². The Morgan fingerprint density at radius 1 is 1.00 bits per heavy atom. The molecule has 3 heterocycles. The Hall–Kier alpha value is -4.22. The first-order valence-corrected chi connectivity index (χ1v) is 13.6. The summed E-state index contributed by atoms with van der Waals surface area (Å²) in [7, 11) is -3.41. The Labute approximate surface area is 219 Å². The maximum atomic E-state index is 11.6. The Bertz CT molecular complexity index is 1550. The molecule has 2 atom stereocenters. The zero-order chi connectivity index (χ0) is 26.2. The van der Waals surface area contributed by atoms with Crippen LogP contribution in [0.5, 0.6) is 0 Å². The second-order valence-corrected chi connectivity index (χ2v) is 10.7. The lowest BCUT2D eigenvalue weighted by Gasteiger charge is -2.29. The predicted molar refractivity (Wildman–Crippen MR) is 146 cm³/mol. The summed E-state index contributed by atoms with van der Waals surface area (Å²) in [6.45, 7) is 0. The lowest BCUT2D eigenvalue weighted by atomic mass is 10.0. The predicted octanol–water partition coefficient (Wildman–Crippen LogP) is 4.12. The Balaban J connectivity index is 1.59. The van der Waals surface area contributed by atoms with Crippen LogP contribution in [0.25, 0.3) is 5.69 Å². The van der Waals surface area contributed by atoms with E-state index in [-0.39, 0.29) is 17.6 Å². The van der Waals surface area contributed by atoms with Crippen LogP contribution >= 0.6 is 12.2 Å². The van der Waals surface area contributed by atoms with E-state index in [1.165, 1.54) is 0 Å². The number of hydrogen-bond acceptors (Lipinski definition) is 5. The number of carboxylic acids is 1. The molecule has 0 saturated carbocycles. The van der Waals surface area contributed by atoms with Crippen molar-refractivity contribution in [2.24, 2.45) is 0 Å². The summed E-state index contributed by atoms with van der Waals surface area (Å²) >= 11 is 5.78. The quantitative estimate of drug-likeness (QED) is 0.304. The number of anilines is 2. The number of thiocarbonyl (C=S) groups is 1. The fourth-order valence-corrected chi connectivity index (χ4v) is 5.38. The van der Waals surface area contributed by atoms with E-state index in [0.717, 1.165) is 29.0 Å². The Kier molecular flexibility index (Phi) is 6.40. The minimum Gasteiger partial charge on any atom is -0.478 e. The van der Waals surface area contributed by atoms with Crippen molar-refractivity contribution in [3.8, 4) is 5.69 Å². The monoisotopic (exact) mass is 533 g/mol. The van der Waals surface area contributed by atoms with Gasteiger partial charge in [0.05, 0.1) is 23.6 Å². The molecule has 0 unspecified atom stereocenters. The third-order valence-electron chi connectivity index (χ3n) is 6.02. The molecule has 1 aliphatic heterocycles. The van der Waals surface area contributed by atoms with E-state index in [1.54, 1.807) is 42.6 Å². The number of hydrogen-bond donors (Lipinski definition) is 3. The van der Waals surface area contributed by atoms with Crippen molar-refractivity contribution in [1.29, 1.82) is 0 Å². The SMILES string of the molecule is CS(=O)(=O)Nc1ccc(N2C(=S)N[C@H](c3ccccn3)[C@@H]2c2cccn2-c2ccc(C(=O)O)cc2)cc1. The van der Waals surface area contributed by atoms with Gasteiger partial charge in [-0.1, -0.05) is 6.07 Å². The zero-order valence-electron chi connectivity index (χ0n) is 19.6. The summed E-state index contributed by atoms with van der Waals surface area (Å²) in [6, 6.07) is 22.7. The first kappa shape index (κ1) is 24.5. The third-order valence-corrected chi connectivity index (χ3v) is 6.94. The zero-order valence-corrected chi connectivity index (χ0v) is 21.3. The molecule has 0 radical (unpaired) electrons. The number of aromatic nitrogens is 2. The number of nitrogens with zero attached hydrogens (tertiary/aromatic N) is 3. The number of pyridine rings is 1. The van der Waals surface area contributed by atoms with Gasteiger partial charge in [-0.05, 0) is 85.0 Å². The number of rotatable bonds is 7. The fourth-order valence-electron chi connectivity index (χ4n) is 4.47. The van der Waals surface area contributed by atoms with Gasteiger partial charge in [0.1, 0.15) is 6.04 Å². The van der Waals surface area contributed by atoms with Gasteiger partial charge in [0.25, 0.3) is 0 Å². The number of aromatic carboxylic acids is 1. The van der Waals surface area contributed by atoms with Crippen molar-refractivity contribution in [1.82, 2.24) is 14.9 Å². The molecule has 2 aromatic heterocycles. The van der Waals surface area contributed by atoms with E-state index in [0.29, 0.717) is 10.8 Å². The summed E-state index contributed by atoms with van der Waals surface area (Å²) in [5.41, 5.74) is 3.94. The van der Waals surface area contributed by atoms with Crippen molar-refractivity contribution in [2.75, 3.05) is 15.9 Å². The second kappa shape index (κ2) is 9.68. The standard InChI is InChI=1S/C26H23N5O4S2/c1-37(34,35)29-18-9-13-20(14-10-18)31-24(23(28-26(31)36)21-5-2-3-15-27-21)22-6-4-16-30(22)19-11-7-17(8-12-19)25(32)33/h2-16,23-24,29H,1H3,(H,28,36)(H,32,33)/t23-,24+/m1/s1. The van der Waals surface area contributed by atoms with Crippen LogP contribution in [-0.4, -0.2) is 40.4 Å². The number of sulfonamides is 1. The minimum absolute atomic E-state index is 0.206. The van der Waals surface area contributed by atoms with Gasteiger partial charge in [0.2, 0.25) is 10.0 Å². The molecule has 4 aromatic rings. The molecule has 11 heteroatoms. The number of nitrogens with one attached hydrogen (secondary N) is 2. The lowest BCUT2D eigenvalue weighted by Crippen LogP contribution is -2.30. The highest BCUT2D eigenvalue weighted by Gasteiger charge is 2.42. The molecular weight excluding hydrogens is 510 g/mol. The Morgan fingerprint density at radius 3 is 2.32 bits per heavy atom. The van der Waals surface area contributed by atoms with E-state index in [4.69, 9.17) is 12.2 Å². The smallest absolute Gasteiger partial charge is 0.335 e. The first-order valence-electron chi connectivity index (χ1n) is 11.3. The van der Waals surface area contributed by atoms with Gasteiger partial charge in [-0.2, -0.15) is 0 Å². The van der Waals surface area contributed by atoms with Crippen LogP contribution < -0.4 is 14.9 Å². The minimum atomic E-state index is -3.41. The number of carboxylic acid groups (broad SMARTS) is 1. The summed E-state index contributed by atoms with van der Waals surface area (Å²) in [4.78, 5) is 17.9. The van der Waals surface area contributed by atoms with Gasteiger partial charge in [-0.25, -0.2) is 13.2 Å². The number of benzene rings is 2. The molecule has 1 saturated heterocycles. The van der Waals surface area contributed by atoms with Crippen LogP contribution in [0.15, 0.2) is 91.3 Å². The molecule has 0 spiro atoms. The van der Waals surface area contributed by atoms with Crippen LogP contribution in [0.4, 0.5) is 11.4 Å². The molecule has 9 nitrogen and oxygen atoms in total. The molecule has 5 rings (SSSR count). The number of carbonyl (C=O) groups is 1. The molecule has 2 aromatic carbocycles. The van der Waals surface area contributed by atoms with Gasteiger partial charge in [0, 0.05) is 35.1 Å². The fraction of sp³-hybridized carbons (Fsp3) is 0.115. The summed E-state index contributed by atoms with van der Waals surface area (Å²) < 4.78 is 27.7. The average Bonchev–Trinajstić information content (AvgIpc) is 3.48. The van der Waals surface area contributed by atoms with Crippen LogP contribution in [0.2, 0.25) is 0 Å². The maximum Gasteiger partial charge on any atom is 0.335 e. The van der Waals surface area contributed by atoms with Gasteiger partial charge in [0.15, 0.2) is 5.11 Å². The first-order chi connectivity index (χ1) is 17.7. The largest absolute Gasteiger partial charge is 0.478 e. The van der Waals surface area contributed by atoms with Crippen LogP contribution in [0.3, 0.4) is 0 Å². The molecule has 0 bridgehead atoms. The average molecular weight is 534 g/mol. The molecule has 37 heavy (non-hydrogen) atoms.